The van der Waals surface area contributed by atoms with E-state index in [9.17, 15) is 0 Å². The molecule has 1 aromatic carbocycles. The molecule has 0 atom stereocenters. The fraction of sp³-hybridized carbons (Fsp3) is 0.312. The third-order valence-corrected chi connectivity index (χ3v) is 4.29. The molecule has 0 saturated carbocycles. The van der Waals surface area contributed by atoms with Gasteiger partial charge < -0.3 is 5.32 Å². The van der Waals surface area contributed by atoms with Crippen molar-refractivity contribution >= 4 is 16.5 Å². The van der Waals surface area contributed by atoms with Gasteiger partial charge in [-0.25, -0.2) is 14.6 Å². The van der Waals surface area contributed by atoms with Crippen molar-refractivity contribution < 1.29 is 0 Å². The quantitative estimate of drug-likeness (QED) is 0.759. The van der Waals surface area contributed by atoms with Crippen LogP contribution in [0.25, 0.3) is 11.5 Å². The zero-order valence-corrected chi connectivity index (χ0v) is 13.6. The first-order chi connectivity index (χ1) is 10.8. The number of benzene rings is 1. The normalized spacial score (nSPS) is 10.8. The first kappa shape index (κ1) is 14.7. The number of anilines is 1. The summed E-state index contributed by atoms with van der Waals surface area (Å²) in [5.74, 6) is 1.72. The van der Waals surface area contributed by atoms with Gasteiger partial charge in [0.15, 0.2) is 16.8 Å². The molecule has 114 valence electrons. The molecule has 3 aromatic rings. The molecule has 5 nitrogen and oxygen atoms in total. The molecule has 0 unspecified atom stereocenters. The van der Waals surface area contributed by atoms with Gasteiger partial charge in [0.2, 0.25) is 0 Å². The molecule has 0 amide bonds. The van der Waals surface area contributed by atoms with Gasteiger partial charge in [0.25, 0.3) is 0 Å². The zero-order valence-electron chi connectivity index (χ0n) is 12.8. The predicted octanol–water partition coefficient (Wildman–Crippen LogP) is 3.25. The highest BCUT2D eigenvalue weighted by Crippen LogP contribution is 2.23. The van der Waals surface area contributed by atoms with E-state index < -0.39 is 0 Å². The Morgan fingerprint density at radius 2 is 2.00 bits per heavy atom. The molecule has 2 aromatic heterocycles. The van der Waals surface area contributed by atoms with Crippen LogP contribution in [0.2, 0.25) is 0 Å². The fourth-order valence-electron chi connectivity index (χ4n) is 2.26. The van der Waals surface area contributed by atoms with Crippen molar-refractivity contribution in [2.75, 3.05) is 12.4 Å². The molecule has 0 aliphatic rings. The molecule has 0 aliphatic heterocycles. The average Bonchev–Trinajstić information content (AvgIpc) is 3.20. The second-order valence-electron chi connectivity index (χ2n) is 4.95. The van der Waals surface area contributed by atoms with Crippen molar-refractivity contribution in [2.24, 2.45) is 0 Å². The van der Waals surface area contributed by atoms with Crippen LogP contribution in [-0.2, 0) is 19.4 Å². The van der Waals surface area contributed by atoms with Crippen molar-refractivity contribution in [3.8, 4) is 11.5 Å². The highest BCUT2D eigenvalue weighted by Gasteiger charge is 2.14. The molecule has 6 heteroatoms. The summed E-state index contributed by atoms with van der Waals surface area (Å²) in [6, 6.07) is 10.4. The Kier molecular flexibility index (Phi) is 4.48. The van der Waals surface area contributed by atoms with Gasteiger partial charge in [-0.1, -0.05) is 37.3 Å². The van der Waals surface area contributed by atoms with E-state index in [0.717, 1.165) is 41.9 Å². The van der Waals surface area contributed by atoms with E-state index in [4.69, 9.17) is 0 Å². The lowest BCUT2D eigenvalue weighted by Gasteiger charge is -2.04. The summed E-state index contributed by atoms with van der Waals surface area (Å²) in [4.78, 5) is 9.17. The molecule has 3 rings (SSSR count). The van der Waals surface area contributed by atoms with E-state index in [1.54, 1.807) is 11.3 Å². The first-order valence-corrected chi connectivity index (χ1v) is 8.29. The van der Waals surface area contributed by atoms with Crippen LogP contribution in [0.5, 0.6) is 0 Å². The summed E-state index contributed by atoms with van der Waals surface area (Å²) in [5, 5.41) is 10.6. The van der Waals surface area contributed by atoms with Gasteiger partial charge in [-0.2, -0.15) is 5.10 Å². The molecule has 0 radical (unpaired) electrons. The van der Waals surface area contributed by atoms with E-state index >= 15 is 0 Å². The summed E-state index contributed by atoms with van der Waals surface area (Å²) in [6.07, 6.45) is 1.76. The van der Waals surface area contributed by atoms with E-state index in [0.29, 0.717) is 0 Å². The molecule has 0 spiro atoms. The second-order valence-corrected chi connectivity index (χ2v) is 5.81. The molecule has 22 heavy (non-hydrogen) atoms. The first-order valence-electron chi connectivity index (χ1n) is 7.41. The minimum atomic E-state index is 0.804. The molecular formula is C16H19N5S. The highest BCUT2D eigenvalue weighted by atomic mass is 32.1. The van der Waals surface area contributed by atoms with Gasteiger partial charge in [-0.3, -0.25) is 0 Å². The second kappa shape index (κ2) is 6.70. The Morgan fingerprint density at radius 1 is 1.18 bits per heavy atom. The van der Waals surface area contributed by atoms with Gasteiger partial charge in [-0.05, 0) is 12.0 Å². The zero-order chi connectivity index (χ0) is 15.4. The van der Waals surface area contributed by atoms with Crippen LogP contribution < -0.4 is 5.32 Å². The van der Waals surface area contributed by atoms with Crippen molar-refractivity contribution in [3.05, 3.63) is 47.1 Å². The van der Waals surface area contributed by atoms with Gasteiger partial charge in [-0.15, -0.1) is 11.3 Å². The third-order valence-electron chi connectivity index (χ3n) is 3.43. The highest BCUT2D eigenvalue weighted by molar-refractivity contribution is 7.14. The predicted molar refractivity (Wildman–Crippen MR) is 90.2 cm³/mol. The maximum Gasteiger partial charge on any atom is 0.183 e. The monoisotopic (exact) mass is 313 g/mol. The van der Waals surface area contributed by atoms with Crippen molar-refractivity contribution in [1.29, 1.82) is 0 Å². The summed E-state index contributed by atoms with van der Waals surface area (Å²) in [7, 11) is 1.88. The molecule has 0 aliphatic carbocycles. The van der Waals surface area contributed by atoms with Crippen LogP contribution in [0.15, 0.2) is 35.7 Å². The number of nitrogens with one attached hydrogen (secondary N) is 1. The lowest BCUT2D eigenvalue weighted by Crippen LogP contribution is -2.06. The number of hydrogen-bond acceptors (Lipinski definition) is 5. The molecule has 0 bridgehead atoms. The topological polar surface area (TPSA) is 55.6 Å². The van der Waals surface area contributed by atoms with Crippen molar-refractivity contribution in [1.82, 2.24) is 19.7 Å². The number of aryl methyl sites for hydroxylation is 3. The number of nitrogens with zero attached hydrogens (tertiary/aromatic N) is 4. The van der Waals surface area contributed by atoms with Crippen LogP contribution in [-0.4, -0.2) is 26.8 Å². The van der Waals surface area contributed by atoms with Crippen LogP contribution in [0, 0.1) is 0 Å². The molecular weight excluding hydrogens is 294 g/mol. The Morgan fingerprint density at radius 3 is 2.68 bits per heavy atom. The Hall–Kier alpha value is -2.21. The molecule has 2 heterocycles. The summed E-state index contributed by atoms with van der Waals surface area (Å²) in [6.45, 7) is 2.87. The Labute approximate surface area is 134 Å². The standard InChI is InChI=1S/C16H19N5S/c1-3-14-19-15(13-11-22-16(17-2)18-13)21(20-14)10-9-12-7-5-4-6-8-12/h4-8,11H,3,9-10H2,1-2H3,(H,17,18). The summed E-state index contributed by atoms with van der Waals surface area (Å²) in [5.41, 5.74) is 2.19. The maximum absolute atomic E-state index is 4.63. The van der Waals surface area contributed by atoms with E-state index in [2.05, 4.69) is 51.6 Å². The number of aromatic nitrogens is 4. The van der Waals surface area contributed by atoms with Crippen molar-refractivity contribution in [3.63, 3.8) is 0 Å². The lowest BCUT2D eigenvalue weighted by molar-refractivity contribution is 0.611. The van der Waals surface area contributed by atoms with E-state index in [1.165, 1.54) is 5.56 Å². The van der Waals surface area contributed by atoms with E-state index in [-0.39, 0.29) is 0 Å². The minimum Gasteiger partial charge on any atom is -0.365 e. The largest absolute Gasteiger partial charge is 0.365 e. The van der Waals surface area contributed by atoms with Gasteiger partial charge >= 0.3 is 0 Å². The van der Waals surface area contributed by atoms with E-state index in [1.807, 2.05) is 23.2 Å². The number of hydrogen-bond donors (Lipinski definition) is 1. The van der Waals surface area contributed by atoms with Crippen LogP contribution >= 0.6 is 11.3 Å². The number of rotatable bonds is 6. The summed E-state index contributed by atoms with van der Waals surface area (Å²) >= 11 is 1.58. The Balaban J connectivity index is 1.85. The van der Waals surface area contributed by atoms with Gasteiger partial charge in [0.1, 0.15) is 5.69 Å². The van der Waals surface area contributed by atoms with Crippen molar-refractivity contribution in [2.45, 2.75) is 26.3 Å². The maximum atomic E-state index is 4.63. The number of thiazole rings is 1. The van der Waals surface area contributed by atoms with Crippen LogP contribution in [0.1, 0.15) is 18.3 Å². The van der Waals surface area contributed by atoms with Gasteiger partial charge in [0.05, 0.1) is 0 Å². The smallest absolute Gasteiger partial charge is 0.183 e. The van der Waals surface area contributed by atoms with Crippen LogP contribution in [0.3, 0.4) is 0 Å². The minimum absolute atomic E-state index is 0.804. The third kappa shape index (κ3) is 3.17. The molecule has 1 N–H and O–H groups in total. The van der Waals surface area contributed by atoms with Crippen LogP contribution in [0.4, 0.5) is 5.13 Å². The van der Waals surface area contributed by atoms with Gasteiger partial charge in [0, 0.05) is 25.4 Å². The summed E-state index contributed by atoms with van der Waals surface area (Å²) < 4.78 is 1.97. The lowest BCUT2D eigenvalue weighted by atomic mass is 10.1. The molecule has 0 fully saturated rings. The average molecular weight is 313 g/mol. The fourth-order valence-corrected chi connectivity index (χ4v) is 2.91. The molecule has 0 saturated heterocycles. The Bertz CT molecular complexity index is 732. The SMILES string of the molecule is CCc1nc(-c2csc(NC)n2)n(CCc2ccccc2)n1.